The summed E-state index contributed by atoms with van der Waals surface area (Å²) < 4.78 is 5.02. The highest BCUT2D eigenvalue weighted by atomic mass is 16.6. The van der Waals surface area contributed by atoms with Crippen LogP contribution in [0, 0.1) is 10.1 Å². The molecule has 7 heteroatoms. The Hall–Kier alpha value is -3.09. The summed E-state index contributed by atoms with van der Waals surface area (Å²) in [6.07, 6.45) is 0. The van der Waals surface area contributed by atoms with Crippen LogP contribution in [0.5, 0.6) is 5.75 Å². The summed E-state index contributed by atoms with van der Waals surface area (Å²) in [7, 11) is 1.53. The second kappa shape index (κ2) is 5.91. The molecule has 2 aromatic carbocycles. The van der Waals surface area contributed by atoms with Gasteiger partial charge in [-0.3, -0.25) is 10.1 Å². The third-order valence-electron chi connectivity index (χ3n) is 2.82. The molecular weight excluding hydrogens is 276 g/mol. The van der Waals surface area contributed by atoms with Crippen LogP contribution in [0.15, 0.2) is 42.5 Å². The fourth-order valence-corrected chi connectivity index (χ4v) is 1.84. The Balaban J connectivity index is 2.41. The lowest BCUT2D eigenvalue weighted by molar-refractivity contribution is -0.384. The monoisotopic (exact) mass is 288 g/mol. The van der Waals surface area contributed by atoms with E-state index in [2.05, 4.69) is 5.32 Å². The Morgan fingerprint density at radius 3 is 2.43 bits per heavy atom. The predicted octanol–water partition coefficient (Wildman–Crippen LogP) is 3.05. The molecule has 0 aromatic heterocycles. The molecule has 0 aliphatic rings. The summed E-state index contributed by atoms with van der Waals surface area (Å²) in [6.45, 7) is 0. The van der Waals surface area contributed by atoms with Crippen LogP contribution in [0.2, 0.25) is 0 Å². The van der Waals surface area contributed by atoms with Crippen LogP contribution in [-0.2, 0) is 0 Å². The summed E-state index contributed by atoms with van der Waals surface area (Å²) in [5.41, 5.74) is -0.133. The standard InChI is InChI=1S/C14H12N2O5/c1-21-10-7-5-9(6-8-10)15-12-4-2-3-11(14(17)18)13(12)16(19)20/h2-8,15H,1H3,(H,17,18). The van der Waals surface area contributed by atoms with Gasteiger partial charge in [0.2, 0.25) is 0 Å². The zero-order valence-corrected chi connectivity index (χ0v) is 11.1. The van der Waals surface area contributed by atoms with E-state index in [0.717, 1.165) is 0 Å². The van der Waals surface area contributed by atoms with Crippen LogP contribution in [0.25, 0.3) is 0 Å². The third kappa shape index (κ3) is 3.08. The lowest BCUT2D eigenvalue weighted by atomic mass is 10.1. The molecule has 0 saturated heterocycles. The number of benzene rings is 2. The number of nitrogens with zero attached hydrogens (tertiary/aromatic N) is 1. The first-order valence-corrected chi connectivity index (χ1v) is 5.94. The molecule has 0 aliphatic carbocycles. The van der Waals surface area contributed by atoms with Gasteiger partial charge in [-0.2, -0.15) is 0 Å². The van der Waals surface area contributed by atoms with Crippen molar-refractivity contribution in [3.05, 3.63) is 58.1 Å². The molecule has 21 heavy (non-hydrogen) atoms. The number of carboxylic acid groups (broad SMARTS) is 1. The summed E-state index contributed by atoms with van der Waals surface area (Å²) in [6, 6.07) is 10.8. The van der Waals surface area contributed by atoms with Crippen molar-refractivity contribution in [2.24, 2.45) is 0 Å². The van der Waals surface area contributed by atoms with Crippen LogP contribution in [0.4, 0.5) is 17.1 Å². The molecule has 7 nitrogen and oxygen atoms in total. The molecule has 2 aromatic rings. The second-order valence-corrected chi connectivity index (χ2v) is 4.12. The quantitative estimate of drug-likeness (QED) is 0.647. The van der Waals surface area contributed by atoms with Crippen LogP contribution >= 0.6 is 0 Å². The average Bonchev–Trinajstić information content (AvgIpc) is 2.47. The van der Waals surface area contributed by atoms with E-state index in [1.807, 2.05) is 0 Å². The molecular formula is C14H12N2O5. The van der Waals surface area contributed by atoms with Crippen LogP contribution < -0.4 is 10.1 Å². The number of rotatable bonds is 5. The minimum Gasteiger partial charge on any atom is -0.497 e. The first-order chi connectivity index (χ1) is 10.0. The summed E-state index contributed by atoms with van der Waals surface area (Å²) in [5, 5.41) is 23.0. The van der Waals surface area contributed by atoms with Gasteiger partial charge in [-0.25, -0.2) is 4.79 Å². The van der Waals surface area contributed by atoms with Crippen molar-refractivity contribution in [3.63, 3.8) is 0 Å². The van der Waals surface area contributed by atoms with Crippen molar-refractivity contribution in [1.82, 2.24) is 0 Å². The topological polar surface area (TPSA) is 102 Å². The van der Waals surface area contributed by atoms with Gasteiger partial charge < -0.3 is 15.2 Å². The van der Waals surface area contributed by atoms with Crippen LogP contribution in [0.3, 0.4) is 0 Å². The number of para-hydroxylation sites is 1. The van der Waals surface area contributed by atoms with Gasteiger partial charge >= 0.3 is 11.7 Å². The largest absolute Gasteiger partial charge is 0.497 e. The normalized spacial score (nSPS) is 9.95. The molecule has 2 rings (SSSR count). The SMILES string of the molecule is COc1ccc(Nc2cccc(C(=O)O)c2[N+](=O)[O-])cc1. The molecule has 0 fully saturated rings. The van der Waals surface area contributed by atoms with Gasteiger partial charge in [-0.05, 0) is 36.4 Å². The summed E-state index contributed by atoms with van der Waals surface area (Å²) >= 11 is 0. The maximum atomic E-state index is 11.1. The van der Waals surface area contributed by atoms with E-state index in [0.29, 0.717) is 11.4 Å². The molecule has 0 saturated carbocycles. The first kappa shape index (κ1) is 14.3. The predicted molar refractivity (Wildman–Crippen MR) is 76.3 cm³/mol. The second-order valence-electron chi connectivity index (χ2n) is 4.12. The Morgan fingerprint density at radius 1 is 1.24 bits per heavy atom. The number of hydrogen-bond acceptors (Lipinski definition) is 5. The van der Waals surface area contributed by atoms with Gasteiger partial charge in [0.25, 0.3) is 0 Å². The van der Waals surface area contributed by atoms with Crippen molar-refractivity contribution in [2.75, 3.05) is 12.4 Å². The fourth-order valence-electron chi connectivity index (χ4n) is 1.84. The van der Waals surface area contributed by atoms with E-state index in [-0.39, 0.29) is 11.3 Å². The number of carbonyl (C=O) groups is 1. The Bertz CT molecular complexity index is 682. The zero-order chi connectivity index (χ0) is 15.4. The van der Waals surface area contributed by atoms with E-state index < -0.39 is 16.6 Å². The van der Waals surface area contributed by atoms with Gasteiger partial charge in [0.1, 0.15) is 17.0 Å². The van der Waals surface area contributed by atoms with Crippen molar-refractivity contribution in [3.8, 4) is 5.75 Å². The zero-order valence-electron chi connectivity index (χ0n) is 11.1. The smallest absolute Gasteiger partial charge is 0.342 e. The van der Waals surface area contributed by atoms with Crippen LogP contribution in [-0.4, -0.2) is 23.1 Å². The highest BCUT2D eigenvalue weighted by Crippen LogP contribution is 2.31. The van der Waals surface area contributed by atoms with Crippen molar-refractivity contribution in [1.29, 1.82) is 0 Å². The fraction of sp³-hybridized carbons (Fsp3) is 0.0714. The minimum atomic E-state index is -1.35. The number of anilines is 2. The van der Waals surface area contributed by atoms with Crippen molar-refractivity contribution < 1.29 is 19.6 Å². The van der Waals surface area contributed by atoms with E-state index in [1.54, 1.807) is 24.3 Å². The number of nitrogens with one attached hydrogen (secondary N) is 1. The number of nitro groups is 1. The molecule has 2 N–H and O–H groups in total. The molecule has 0 radical (unpaired) electrons. The molecule has 108 valence electrons. The molecule has 0 unspecified atom stereocenters. The van der Waals surface area contributed by atoms with Crippen molar-refractivity contribution >= 4 is 23.0 Å². The maximum absolute atomic E-state index is 11.1. The van der Waals surface area contributed by atoms with Gasteiger partial charge in [0, 0.05) is 5.69 Å². The summed E-state index contributed by atoms with van der Waals surface area (Å²) in [4.78, 5) is 21.5. The molecule has 0 amide bonds. The number of aromatic carboxylic acids is 1. The lowest BCUT2D eigenvalue weighted by Crippen LogP contribution is -2.05. The van der Waals surface area contributed by atoms with Gasteiger partial charge in [-0.15, -0.1) is 0 Å². The Kier molecular flexibility index (Phi) is 4.03. The molecule has 0 aliphatic heterocycles. The van der Waals surface area contributed by atoms with Gasteiger partial charge in [-0.1, -0.05) is 6.07 Å². The number of ether oxygens (including phenoxy) is 1. The average molecular weight is 288 g/mol. The van der Waals surface area contributed by atoms with Crippen LogP contribution in [0.1, 0.15) is 10.4 Å². The lowest BCUT2D eigenvalue weighted by Gasteiger charge is -2.09. The van der Waals surface area contributed by atoms with E-state index >= 15 is 0 Å². The van der Waals surface area contributed by atoms with Gasteiger partial charge in [0.05, 0.1) is 12.0 Å². The van der Waals surface area contributed by atoms with E-state index in [9.17, 15) is 14.9 Å². The number of methoxy groups -OCH3 is 1. The molecule has 0 heterocycles. The number of hydrogen-bond donors (Lipinski definition) is 2. The number of nitro benzene ring substituents is 1. The Labute approximate surface area is 119 Å². The summed E-state index contributed by atoms with van der Waals surface area (Å²) in [5.74, 6) is -0.700. The number of carboxylic acids is 1. The molecule has 0 bridgehead atoms. The van der Waals surface area contributed by atoms with Crippen molar-refractivity contribution in [2.45, 2.75) is 0 Å². The third-order valence-corrected chi connectivity index (χ3v) is 2.82. The Morgan fingerprint density at radius 2 is 1.90 bits per heavy atom. The first-order valence-electron chi connectivity index (χ1n) is 5.94. The van der Waals surface area contributed by atoms with E-state index in [1.165, 1.54) is 25.3 Å². The highest BCUT2D eigenvalue weighted by Gasteiger charge is 2.24. The maximum Gasteiger partial charge on any atom is 0.342 e. The highest BCUT2D eigenvalue weighted by molar-refractivity contribution is 5.96. The molecule has 0 spiro atoms. The molecule has 0 atom stereocenters. The van der Waals surface area contributed by atoms with Gasteiger partial charge in [0.15, 0.2) is 0 Å². The van der Waals surface area contributed by atoms with E-state index in [4.69, 9.17) is 9.84 Å². The minimum absolute atomic E-state index is 0.116.